The highest BCUT2D eigenvalue weighted by atomic mass is 79.9. The Labute approximate surface area is 95.4 Å². The molecule has 6 heteroatoms. The predicted molar refractivity (Wildman–Crippen MR) is 57.7 cm³/mol. The quantitative estimate of drug-likeness (QED) is 0.646. The molecule has 0 saturated carbocycles. The second kappa shape index (κ2) is 5.55. The van der Waals surface area contributed by atoms with Gasteiger partial charge in [0.2, 0.25) is 11.7 Å². The summed E-state index contributed by atoms with van der Waals surface area (Å²) in [6, 6.07) is 1.65. The van der Waals surface area contributed by atoms with Crippen LogP contribution in [0.15, 0.2) is 12.3 Å². The number of Topliss-reactive ketones (excluding diaryl/α,β-unsaturated/α-hetero) is 1. The number of hydrogen-bond donors (Lipinski definition) is 1. The van der Waals surface area contributed by atoms with E-state index in [0.717, 1.165) is 0 Å². The SMILES string of the molecule is CC(=O)NCc1ccnc(C(=O)CBr)n1. The lowest BCUT2D eigenvalue weighted by atomic mass is 10.3. The smallest absolute Gasteiger partial charge is 0.217 e. The molecule has 0 radical (unpaired) electrons. The van der Waals surface area contributed by atoms with Crippen LogP contribution in [0.4, 0.5) is 0 Å². The molecular formula is C9H10BrN3O2. The minimum absolute atomic E-state index is 0.137. The van der Waals surface area contributed by atoms with Gasteiger partial charge in [0, 0.05) is 13.1 Å². The van der Waals surface area contributed by atoms with Gasteiger partial charge in [0.15, 0.2) is 5.82 Å². The van der Waals surface area contributed by atoms with Crippen molar-refractivity contribution >= 4 is 27.6 Å². The molecule has 0 atom stereocenters. The van der Waals surface area contributed by atoms with Gasteiger partial charge in [-0.1, -0.05) is 15.9 Å². The van der Waals surface area contributed by atoms with E-state index in [1.54, 1.807) is 6.07 Å². The lowest BCUT2D eigenvalue weighted by Crippen LogP contribution is -2.20. The average Bonchev–Trinajstić information content (AvgIpc) is 2.25. The predicted octanol–water partition coefficient (Wildman–Crippen LogP) is 0.690. The summed E-state index contributed by atoms with van der Waals surface area (Å²) in [6.07, 6.45) is 1.50. The standard InChI is InChI=1S/C9H10BrN3O2/c1-6(14)12-5-7-2-3-11-9(13-7)8(15)4-10/h2-3H,4-5H2,1H3,(H,12,14). The monoisotopic (exact) mass is 271 g/mol. The highest BCUT2D eigenvalue weighted by Crippen LogP contribution is 1.98. The van der Waals surface area contributed by atoms with E-state index in [0.29, 0.717) is 12.2 Å². The summed E-state index contributed by atoms with van der Waals surface area (Å²) < 4.78 is 0. The van der Waals surface area contributed by atoms with E-state index in [4.69, 9.17) is 0 Å². The number of carbonyl (C=O) groups excluding carboxylic acids is 2. The fourth-order valence-electron chi connectivity index (χ4n) is 0.904. The van der Waals surface area contributed by atoms with Gasteiger partial charge in [-0.25, -0.2) is 9.97 Å². The topological polar surface area (TPSA) is 72.0 Å². The van der Waals surface area contributed by atoms with Gasteiger partial charge in [-0.2, -0.15) is 0 Å². The largest absolute Gasteiger partial charge is 0.351 e. The number of hydrogen-bond acceptors (Lipinski definition) is 4. The van der Waals surface area contributed by atoms with Crippen molar-refractivity contribution in [3.05, 3.63) is 23.8 Å². The third-order valence-corrected chi connectivity index (χ3v) is 2.11. The molecule has 0 aliphatic heterocycles. The summed E-state index contributed by atoms with van der Waals surface area (Å²) in [4.78, 5) is 29.8. The number of aromatic nitrogens is 2. The first kappa shape index (κ1) is 11.8. The Balaban J connectivity index is 2.74. The first-order valence-corrected chi connectivity index (χ1v) is 5.41. The van der Waals surface area contributed by atoms with Gasteiger partial charge in [-0.15, -0.1) is 0 Å². The summed E-state index contributed by atoms with van der Waals surface area (Å²) in [6.45, 7) is 1.73. The number of carbonyl (C=O) groups is 2. The Morgan fingerprint density at radius 2 is 2.27 bits per heavy atom. The summed E-state index contributed by atoms with van der Waals surface area (Å²) in [7, 11) is 0. The number of halogens is 1. The molecule has 1 heterocycles. The van der Waals surface area contributed by atoms with Gasteiger partial charge < -0.3 is 5.32 Å². The number of nitrogens with one attached hydrogen (secondary N) is 1. The second-order valence-corrected chi connectivity index (χ2v) is 3.40. The zero-order valence-electron chi connectivity index (χ0n) is 8.16. The molecule has 1 aromatic rings. The van der Waals surface area contributed by atoms with Gasteiger partial charge in [-0.3, -0.25) is 9.59 Å². The van der Waals surface area contributed by atoms with Crippen molar-refractivity contribution in [2.24, 2.45) is 0 Å². The molecule has 1 amide bonds. The summed E-state index contributed by atoms with van der Waals surface area (Å²) >= 11 is 3.04. The van der Waals surface area contributed by atoms with Crippen LogP contribution in [0, 0.1) is 0 Å². The van der Waals surface area contributed by atoms with Gasteiger partial charge in [0.1, 0.15) is 0 Å². The van der Waals surface area contributed by atoms with Crippen LogP contribution >= 0.6 is 15.9 Å². The number of alkyl halides is 1. The summed E-state index contributed by atoms with van der Waals surface area (Å²) in [5, 5.41) is 2.78. The molecule has 0 aliphatic rings. The van der Waals surface area contributed by atoms with Crippen molar-refractivity contribution in [1.29, 1.82) is 0 Å². The van der Waals surface area contributed by atoms with Crippen LogP contribution in [0.3, 0.4) is 0 Å². The molecule has 15 heavy (non-hydrogen) atoms. The third kappa shape index (κ3) is 3.75. The van der Waals surface area contributed by atoms with Gasteiger partial charge in [0.05, 0.1) is 17.6 Å². The molecule has 80 valence electrons. The molecule has 1 rings (SSSR count). The van der Waals surface area contributed by atoms with Crippen LogP contribution < -0.4 is 5.32 Å². The Hall–Kier alpha value is -1.30. The Morgan fingerprint density at radius 1 is 1.53 bits per heavy atom. The molecule has 0 saturated heterocycles. The highest BCUT2D eigenvalue weighted by molar-refractivity contribution is 9.09. The first-order chi connectivity index (χ1) is 7.13. The number of nitrogens with zero attached hydrogens (tertiary/aromatic N) is 2. The number of rotatable bonds is 4. The van der Waals surface area contributed by atoms with Crippen molar-refractivity contribution < 1.29 is 9.59 Å². The van der Waals surface area contributed by atoms with Gasteiger partial charge in [0.25, 0.3) is 0 Å². The van der Waals surface area contributed by atoms with Gasteiger partial charge in [-0.05, 0) is 6.07 Å². The van der Waals surface area contributed by atoms with E-state index in [1.807, 2.05) is 0 Å². The second-order valence-electron chi connectivity index (χ2n) is 2.84. The van der Waals surface area contributed by atoms with Crippen molar-refractivity contribution in [3.63, 3.8) is 0 Å². The van der Waals surface area contributed by atoms with E-state index < -0.39 is 0 Å². The number of ketones is 1. The lowest BCUT2D eigenvalue weighted by molar-refractivity contribution is -0.119. The van der Waals surface area contributed by atoms with Crippen LogP contribution in [-0.2, 0) is 11.3 Å². The Bertz CT molecular complexity index is 381. The van der Waals surface area contributed by atoms with Crippen LogP contribution in [-0.4, -0.2) is 27.0 Å². The zero-order valence-corrected chi connectivity index (χ0v) is 9.74. The fourth-order valence-corrected chi connectivity index (χ4v) is 1.15. The molecule has 1 N–H and O–H groups in total. The molecule has 0 aliphatic carbocycles. The normalized spacial score (nSPS) is 9.73. The maximum absolute atomic E-state index is 11.2. The maximum atomic E-state index is 11.2. The van der Waals surface area contributed by atoms with E-state index in [1.165, 1.54) is 13.1 Å². The van der Waals surface area contributed by atoms with E-state index in [-0.39, 0.29) is 22.8 Å². The number of amides is 1. The summed E-state index contributed by atoms with van der Waals surface area (Å²) in [5.41, 5.74) is 0.615. The first-order valence-electron chi connectivity index (χ1n) is 4.29. The molecule has 0 fully saturated rings. The van der Waals surface area contributed by atoms with Crippen LogP contribution in [0.1, 0.15) is 23.2 Å². The Morgan fingerprint density at radius 3 is 2.87 bits per heavy atom. The van der Waals surface area contributed by atoms with Crippen LogP contribution in [0.25, 0.3) is 0 Å². The van der Waals surface area contributed by atoms with E-state index >= 15 is 0 Å². The van der Waals surface area contributed by atoms with Crippen LogP contribution in [0.5, 0.6) is 0 Å². The minimum atomic E-state index is -0.181. The lowest BCUT2D eigenvalue weighted by Gasteiger charge is -2.02. The van der Waals surface area contributed by atoms with Crippen molar-refractivity contribution in [2.45, 2.75) is 13.5 Å². The van der Waals surface area contributed by atoms with Crippen molar-refractivity contribution in [2.75, 3.05) is 5.33 Å². The Kier molecular flexibility index (Phi) is 4.36. The maximum Gasteiger partial charge on any atom is 0.217 e. The summed E-state index contributed by atoms with van der Waals surface area (Å²) in [5.74, 6) is -0.156. The minimum Gasteiger partial charge on any atom is -0.351 e. The molecule has 0 spiro atoms. The van der Waals surface area contributed by atoms with Crippen molar-refractivity contribution in [1.82, 2.24) is 15.3 Å². The highest BCUT2D eigenvalue weighted by Gasteiger charge is 2.07. The van der Waals surface area contributed by atoms with Crippen molar-refractivity contribution in [3.8, 4) is 0 Å². The average molecular weight is 272 g/mol. The van der Waals surface area contributed by atoms with Gasteiger partial charge >= 0.3 is 0 Å². The zero-order chi connectivity index (χ0) is 11.3. The third-order valence-electron chi connectivity index (χ3n) is 1.60. The molecule has 5 nitrogen and oxygen atoms in total. The van der Waals surface area contributed by atoms with E-state index in [2.05, 4.69) is 31.2 Å². The van der Waals surface area contributed by atoms with E-state index in [9.17, 15) is 9.59 Å². The molecule has 0 aromatic carbocycles. The molecule has 0 unspecified atom stereocenters. The molecular weight excluding hydrogens is 262 g/mol. The molecule has 0 bridgehead atoms. The molecule has 1 aromatic heterocycles. The fraction of sp³-hybridized carbons (Fsp3) is 0.333. The van der Waals surface area contributed by atoms with Crippen LogP contribution in [0.2, 0.25) is 0 Å².